The molecule has 224 valence electrons. The first-order chi connectivity index (χ1) is 21.0. The highest BCUT2D eigenvalue weighted by atomic mass is 32.2. The maximum Gasteiger partial charge on any atom is 0.255 e. The normalized spacial score (nSPS) is 11.7. The van der Waals surface area contributed by atoms with Crippen LogP contribution in [0.1, 0.15) is 15.9 Å². The second-order valence-electron chi connectivity index (χ2n) is 10.2. The first kappa shape index (κ1) is 28.9. The molecule has 0 saturated heterocycles. The summed E-state index contributed by atoms with van der Waals surface area (Å²) in [5.41, 5.74) is 3.90. The van der Waals surface area contributed by atoms with E-state index in [1.165, 1.54) is 39.5 Å². The number of pyridine rings is 1. The van der Waals surface area contributed by atoms with E-state index in [-0.39, 0.29) is 34.1 Å². The fourth-order valence-corrected chi connectivity index (χ4v) is 5.49. The number of ether oxygens (including phenoxy) is 1. The molecule has 0 unspecified atom stereocenters. The number of hydrogen-bond acceptors (Lipinski definition) is 8. The van der Waals surface area contributed by atoms with Crippen molar-refractivity contribution in [1.29, 1.82) is 0 Å². The summed E-state index contributed by atoms with van der Waals surface area (Å²) >= 11 is 0. The SMILES string of the molecule is CNC(=O)c1c(-c2ccc(C)cc2)oc2cc(N(C)S(C)(=O)=O)c(-c3cc(-c4nc5c(F)cccc5o4)c(OC)cn3)cc12. The number of para-hydroxylation sites is 1. The predicted octanol–water partition coefficient (Wildman–Crippen LogP) is 6.18. The summed E-state index contributed by atoms with van der Waals surface area (Å²) in [5.74, 6) is -0.205. The van der Waals surface area contributed by atoms with Crippen LogP contribution >= 0.6 is 0 Å². The number of fused-ring (bicyclic) bond motifs is 2. The van der Waals surface area contributed by atoms with Gasteiger partial charge in [-0.3, -0.25) is 14.1 Å². The Balaban J connectivity index is 1.64. The first-order valence-corrected chi connectivity index (χ1v) is 15.3. The van der Waals surface area contributed by atoms with Crippen molar-refractivity contribution in [3.63, 3.8) is 0 Å². The highest BCUT2D eigenvalue weighted by Crippen LogP contribution is 2.42. The number of aromatic nitrogens is 2. The van der Waals surface area contributed by atoms with Crippen LogP contribution in [0.4, 0.5) is 10.1 Å². The van der Waals surface area contributed by atoms with Gasteiger partial charge in [0.25, 0.3) is 5.91 Å². The van der Waals surface area contributed by atoms with E-state index in [0.717, 1.165) is 16.1 Å². The Labute approximate surface area is 252 Å². The summed E-state index contributed by atoms with van der Waals surface area (Å²) in [6, 6.07) is 16.8. The molecule has 3 aromatic carbocycles. The van der Waals surface area contributed by atoms with Gasteiger partial charge in [-0.1, -0.05) is 35.9 Å². The van der Waals surface area contributed by atoms with Gasteiger partial charge in [0.1, 0.15) is 22.6 Å². The number of nitrogens with zero attached hydrogens (tertiary/aromatic N) is 3. The molecule has 1 amide bonds. The van der Waals surface area contributed by atoms with Crippen molar-refractivity contribution >= 4 is 43.7 Å². The van der Waals surface area contributed by atoms with Gasteiger partial charge < -0.3 is 18.9 Å². The van der Waals surface area contributed by atoms with Gasteiger partial charge in [0.2, 0.25) is 15.9 Å². The zero-order chi connectivity index (χ0) is 31.3. The summed E-state index contributed by atoms with van der Waals surface area (Å²) in [6.45, 7) is 1.95. The Kier molecular flexibility index (Phi) is 7.08. The summed E-state index contributed by atoms with van der Waals surface area (Å²) in [5, 5.41) is 3.12. The van der Waals surface area contributed by atoms with Crippen LogP contribution in [0.15, 0.2) is 75.7 Å². The minimum Gasteiger partial charge on any atom is -0.494 e. The average molecular weight is 615 g/mol. The fourth-order valence-electron chi connectivity index (χ4n) is 4.99. The van der Waals surface area contributed by atoms with E-state index >= 15 is 0 Å². The standard InChI is InChI=1S/C32H27FN4O6S/c1-17-9-11-18(12-10-17)30-28(31(38)34-2)20-13-19(24(15-26(20)42-30)37(3)44(5,39)40)23-14-21(27(41-4)16-35-23)32-36-29-22(33)7-6-8-25(29)43-32/h6-16H,1-5H3,(H,34,38). The molecule has 6 rings (SSSR count). The third-order valence-corrected chi connectivity index (χ3v) is 8.57. The van der Waals surface area contributed by atoms with Gasteiger partial charge in [0, 0.05) is 36.7 Å². The number of furan rings is 1. The number of benzene rings is 3. The van der Waals surface area contributed by atoms with Gasteiger partial charge >= 0.3 is 0 Å². The molecule has 44 heavy (non-hydrogen) atoms. The van der Waals surface area contributed by atoms with Gasteiger partial charge in [0.15, 0.2) is 11.4 Å². The molecule has 0 saturated carbocycles. The molecule has 0 radical (unpaired) electrons. The number of carbonyl (C=O) groups is 1. The maximum absolute atomic E-state index is 14.5. The Hall–Kier alpha value is -5.23. The molecular weight excluding hydrogens is 587 g/mol. The Morgan fingerprint density at radius 1 is 1.02 bits per heavy atom. The first-order valence-electron chi connectivity index (χ1n) is 13.4. The Morgan fingerprint density at radius 3 is 2.43 bits per heavy atom. The van der Waals surface area contributed by atoms with Gasteiger partial charge in [-0.25, -0.2) is 17.8 Å². The fraction of sp³-hybridized carbons (Fsp3) is 0.156. The number of aryl methyl sites for hydroxylation is 1. The summed E-state index contributed by atoms with van der Waals surface area (Å²) in [4.78, 5) is 22.1. The number of halogens is 1. The number of nitrogens with one attached hydrogen (secondary N) is 1. The molecule has 0 spiro atoms. The predicted molar refractivity (Wildman–Crippen MR) is 166 cm³/mol. The second-order valence-corrected chi connectivity index (χ2v) is 12.2. The number of anilines is 1. The van der Waals surface area contributed by atoms with Crippen molar-refractivity contribution in [2.24, 2.45) is 0 Å². The van der Waals surface area contributed by atoms with Crippen LogP contribution in [-0.4, -0.2) is 51.8 Å². The minimum absolute atomic E-state index is 0.0547. The van der Waals surface area contributed by atoms with Crippen LogP contribution in [0.5, 0.6) is 5.75 Å². The number of oxazole rings is 1. The minimum atomic E-state index is -3.75. The van der Waals surface area contributed by atoms with Crippen molar-refractivity contribution in [2.75, 3.05) is 31.8 Å². The van der Waals surface area contributed by atoms with E-state index in [4.69, 9.17) is 13.6 Å². The monoisotopic (exact) mass is 614 g/mol. The molecule has 0 aliphatic carbocycles. The third-order valence-electron chi connectivity index (χ3n) is 7.37. The van der Waals surface area contributed by atoms with E-state index in [0.29, 0.717) is 44.9 Å². The molecule has 3 heterocycles. The highest BCUT2D eigenvalue weighted by molar-refractivity contribution is 7.92. The molecule has 3 aromatic heterocycles. The zero-order valence-electron chi connectivity index (χ0n) is 24.4. The molecule has 0 aliphatic heterocycles. The van der Waals surface area contributed by atoms with Crippen molar-refractivity contribution < 1.29 is 31.2 Å². The average Bonchev–Trinajstić information content (AvgIpc) is 3.62. The molecular formula is C32H27FN4O6S. The third kappa shape index (κ3) is 4.92. The number of hydrogen-bond donors (Lipinski definition) is 1. The maximum atomic E-state index is 14.5. The topological polar surface area (TPSA) is 128 Å². The number of rotatable bonds is 7. The van der Waals surface area contributed by atoms with Crippen molar-refractivity contribution in [1.82, 2.24) is 15.3 Å². The van der Waals surface area contributed by atoms with E-state index in [2.05, 4.69) is 15.3 Å². The quantitative estimate of drug-likeness (QED) is 0.226. The molecule has 0 aliphatic rings. The number of methoxy groups -OCH3 is 1. The molecule has 0 atom stereocenters. The van der Waals surface area contributed by atoms with Crippen LogP contribution in [0.25, 0.3) is 56.1 Å². The van der Waals surface area contributed by atoms with Gasteiger partial charge in [-0.05, 0) is 31.2 Å². The number of amides is 1. The highest BCUT2D eigenvalue weighted by Gasteiger charge is 2.27. The van der Waals surface area contributed by atoms with Crippen molar-refractivity contribution in [3.8, 4) is 39.8 Å². The second kappa shape index (κ2) is 10.8. The number of carbonyl (C=O) groups excluding carboxylic acids is 1. The van der Waals surface area contributed by atoms with Crippen LogP contribution in [0.2, 0.25) is 0 Å². The lowest BCUT2D eigenvalue weighted by atomic mass is 9.99. The summed E-state index contributed by atoms with van der Waals surface area (Å²) < 4.78 is 58.7. The van der Waals surface area contributed by atoms with Crippen molar-refractivity contribution in [3.05, 3.63) is 83.8 Å². The van der Waals surface area contributed by atoms with Crippen LogP contribution in [0.3, 0.4) is 0 Å². The molecule has 0 bridgehead atoms. The van der Waals surface area contributed by atoms with E-state index < -0.39 is 15.8 Å². The Bertz CT molecular complexity index is 2190. The van der Waals surface area contributed by atoms with Gasteiger partial charge in [0.05, 0.1) is 42.1 Å². The van der Waals surface area contributed by atoms with Crippen LogP contribution in [-0.2, 0) is 10.0 Å². The summed E-state index contributed by atoms with van der Waals surface area (Å²) in [6.07, 6.45) is 2.52. The molecule has 12 heteroatoms. The van der Waals surface area contributed by atoms with E-state index in [1.54, 1.807) is 24.3 Å². The smallest absolute Gasteiger partial charge is 0.255 e. The lowest BCUT2D eigenvalue weighted by molar-refractivity contribution is 0.0964. The largest absolute Gasteiger partial charge is 0.494 e. The van der Waals surface area contributed by atoms with Gasteiger partial charge in [-0.2, -0.15) is 0 Å². The molecule has 10 nitrogen and oxygen atoms in total. The molecule has 6 aromatic rings. The Morgan fingerprint density at radius 2 is 1.77 bits per heavy atom. The summed E-state index contributed by atoms with van der Waals surface area (Å²) in [7, 11) is 0.640. The molecule has 0 fully saturated rings. The van der Waals surface area contributed by atoms with Gasteiger partial charge in [-0.15, -0.1) is 0 Å². The van der Waals surface area contributed by atoms with Crippen molar-refractivity contribution in [2.45, 2.75) is 6.92 Å². The lowest BCUT2D eigenvalue weighted by Crippen LogP contribution is -2.25. The van der Waals surface area contributed by atoms with E-state index in [1.807, 2.05) is 31.2 Å². The van der Waals surface area contributed by atoms with Crippen LogP contribution in [0, 0.1) is 12.7 Å². The number of sulfonamides is 1. The van der Waals surface area contributed by atoms with E-state index in [9.17, 15) is 17.6 Å². The lowest BCUT2D eigenvalue weighted by Gasteiger charge is -2.20. The van der Waals surface area contributed by atoms with Crippen LogP contribution < -0.4 is 14.4 Å². The molecule has 1 N–H and O–H groups in total. The zero-order valence-corrected chi connectivity index (χ0v) is 25.2.